The fourth-order valence-electron chi connectivity index (χ4n) is 5.77. The maximum atomic E-state index is 15.3. The van der Waals surface area contributed by atoms with Crippen LogP contribution in [0, 0.1) is 23.5 Å². The van der Waals surface area contributed by atoms with Crippen LogP contribution in [-0.2, 0) is 16.9 Å². The summed E-state index contributed by atoms with van der Waals surface area (Å²) >= 11 is 6.32. The number of methoxy groups -OCH3 is 1. The Kier molecular flexibility index (Phi) is 7.36. The molecule has 1 saturated carbocycles. The summed E-state index contributed by atoms with van der Waals surface area (Å²) in [6, 6.07) is 5.36. The average Bonchev–Trinajstić information content (AvgIpc) is 3.57. The van der Waals surface area contributed by atoms with E-state index in [4.69, 9.17) is 30.7 Å². The summed E-state index contributed by atoms with van der Waals surface area (Å²) in [4.78, 5) is 30.1. The Morgan fingerprint density at radius 3 is 2.52 bits per heavy atom. The van der Waals surface area contributed by atoms with Crippen LogP contribution < -0.4 is 5.76 Å². The van der Waals surface area contributed by atoms with Crippen molar-refractivity contribution in [1.82, 2.24) is 34.7 Å². The van der Waals surface area contributed by atoms with Gasteiger partial charge in [0.2, 0.25) is 5.82 Å². The van der Waals surface area contributed by atoms with Crippen LogP contribution >= 0.6 is 11.6 Å². The second kappa shape index (κ2) is 11.0. The standard InChI is InChI=1S/C29H28ClF2N7O3/c1-15-7-9-16(10-8-15)14-39-23-22(17-11-18(30)13-33-12-17)34-25(26-37-38-28(40)42-26)35-24(23)36-27(39)29(2,41-3)21-19(31)5-4-6-20(21)32/h4-6,11-13,15-16H,7-10,14H2,1-3H3,(H,38,40). The lowest BCUT2D eigenvalue weighted by Gasteiger charge is -2.32. The Morgan fingerprint density at radius 1 is 1.14 bits per heavy atom. The van der Waals surface area contributed by atoms with Crippen molar-refractivity contribution in [2.45, 2.75) is 51.7 Å². The molecule has 0 saturated heterocycles. The van der Waals surface area contributed by atoms with E-state index >= 15 is 8.78 Å². The quantitative estimate of drug-likeness (QED) is 0.247. The first-order chi connectivity index (χ1) is 20.2. The molecule has 1 fully saturated rings. The summed E-state index contributed by atoms with van der Waals surface area (Å²) in [5.41, 5.74) is -0.324. The highest BCUT2D eigenvalue weighted by Gasteiger charge is 2.41. The zero-order valence-electron chi connectivity index (χ0n) is 23.2. The fourth-order valence-corrected chi connectivity index (χ4v) is 5.94. The Bertz CT molecular complexity index is 1810. The number of ether oxygens (including phenoxy) is 1. The second-order valence-corrected chi connectivity index (χ2v) is 11.3. The van der Waals surface area contributed by atoms with E-state index in [1.165, 1.54) is 31.5 Å². The molecule has 1 atom stereocenters. The second-order valence-electron chi connectivity index (χ2n) is 10.9. The van der Waals surface area contributed by atoms with Gasteiger partial charge in [-0.3, -0.25) is 4.98 Å². The molecular formula is C29H28ClF2N7O3. The predicted molar refractivity (Wildman–Crippen MR) is 151 cm³/mol. The lowest BCUT2D eigenvalue weighted by atomic mass is 9.83. The Balaban J connectivity index is 1.67. The zero-order valence-corrected chi connectivity index (χ0v) is 24.0. The third kappa shape index (κ3) is 4.98. The van der Waals surface area contributed by atoms with E-state index < -0.39 is 23.0 Å². The van der Waals surface area contributed by atoms with Gasteiger partial charge in [0.05, 0.1) is 10.6 Å². The Labute approximate surface area is 244 Å². The Morgan fingerprint density at radius 2 is 1.88 bits per heavy atom. The van der Waals surface area contributed by atoms with Gasteiger partial charge in [0.25, 0.3) is 5.89 Å². The van der Waals surface area contributed by atoms with Crippen molar-refractivity contribution in [2.75, 3.05) is 7.11 Å². The number of benzene rings is 1. The molecule has 1 unspecified atom stereocenters. The van der Waals surface area contributed by atoms with Crippen molar-refractivity contribution in [3.8, 4) is 23.0 Å². The molecule has 42 heavy (non-hydrogen) atoms. The first-order valence-electron chi connectivity index (χ1n) is 13.6. The van der Waals surface area contributed by atoms with E-state index in [2.05, 4.69) is 27.1 Å². The third-order valence-corrected chi connectivity index (χ3v) is 8.27. The number of imidazole rings is 1. The number of hydrogen-bond acceptors (Lipinski definition) is 8. The van der Waals surface area contributed by atoms with E-state index in [0.29, 0.717) is 34.3 Å². The molecule has 0 amide bonds. The van der Waals surface area contributed by atoms with Crippen molar-refractivity contribution in [3.05, 3.63) is 75.3 Å². The van der Waals surface area contributed by atoms with Crippen LogP contribution in [-0.4, -0.2) is 41.8 Å². The highest BCUT2D eigenvalue weighted by atomic mass is 35.5. The molecule has 4 heterocycles. The van der Waals surface area contributed by atoms with Gasteiger partial charge in [-0.15, -0.1) is 5.10 Å². The minimum absolute atomic E-state index is 0.0188. The number of rotatable bonds is 7. The summed E-state index contributed by atoms with van der Waals surface area (Å²) in [5.74, 6) is -1.35. The molecule has 1 aliphatic carbocycles. The summed E-state index contributed by atoms with van der Waals surface area (Å²) in [6.45, 7) is 4.30. The SMILES string of the molecule is COC(C)(c1c(F)cccc1F)c1nc2nc(-c3n[nH]c(=O)o3)nc(-c3cncc(Cl)c3)c2n1CC1CCC(C)CC1. The van der Waals surface area contributed by atoms with E-state index in [1.54, 1.807) is 19.2 Å². The van der Waals surface area contributed by atoms with Gasteiger partial charge in [-0.1, -0.05) is 37.4 Å². The molecular weight excluding hydrogens is 568 g/mol. The molecule has 13 heteroatoms. The molecule has 10 nitrogen and oxygen atoms in total. The number of fused-ring (bicyclic) bond motifs is 1. The van der Waals surface area contributed by atoms with E-state index in [1.807, 2.05) is 4.57 Å². The summed E-state index contributed by atoms with van der Waals surface area (Å²) < 4.78 is 43.6. The van der Waals surface area contributed by atoms with E-state index in [0.717, 1.165) is 25.7 Å². The molecule has 1 N–H and O–H groups in total. The van der Waals surface area contributed by atoms with Crippen LogP contribution in [0.15, 0.2) is 45.9 Å². The molecule has 218 valence electrons. The van der Waals surface area contributed by atoms with Crippen LogP contribution in [0.2, 0.25) is 5.02 Å². The lowest BCUT2D eigenvalue weighted by Crippen LogP contribution is -2.33. The number of hydrogen-bond donors (Lipinski definition) is 1. The number of nitrogens with one attached hydrogen (secondary N) is 1. The zero-order chi connectivity index (χ0) is 29.6. The smallest absolute Gasteiger partial charge is 0.384 e. The monoisotopic (exact) mass is 595 g/mol. The number of H-pyrrole nitrogens is 1. The highest BCUT2D eigenvalue weighted by Crippen LogP contribution is 2.41. The summed E-state index contributed by atoms with van der Waals surface area (Å²) in [5, 5.41) is 6.46. The summed E-state index contributed by atoms with van der Waals surface area (Å²) in [7, 11) is 1.38. The van der Waals surface area contributed by atoms with Gasteiger partial charge in [-0.05, 0) is 49.8 Å². The minimum Gasteiger partial charge on any atom is -0.384 e. The van der Waals surface area contributed by atoms with Gasteiger partial charge in [0.15, 0.2) is 11.2 Å². The first-order valence-corrected chi connectivity index (χ1v) is 14.0. The number of pyridine rings is 1. The van der Waals surface area contributed by atoms with Crippen LogP contribution in [0.4, 0.5) is 8.78 Å². The maximum Gasteiger partial charge on any atom is 0.434 e. The van der Waals surface area contributed by atoms with E-state index in [-0.39, 0.29) is 34.7 Å². The minimum atomic E-state index is -1.65. The van der Waals surface area contributed by atoms with Gasteiger partial charge < -0.3 is 13.7 Å². The summed E-state index contributed by atoms with van der Waals surface area (Å²) in [6.07, 6.45) is 7.17. The number of nitrogens with zero attached hydrogens (tertiary/aromatic N) is 6. The van der Waals surface area contributed by atoms with Crippen LogP contribution in [0.25, 0.3) is 34.1 Å². The lowest BCUT2D eigenvalue weighted by molar-refractivity contribution is 0.0217. The van der Waals surface area contributed by atoms with Crippen LogP contribution in [0.5, 0.6) is 0 Å². The first kappa shape index (κ1) is 28.1. The molecule has 0 bridgehead atoms. The normalized spacial score (nSPS) is 18.8. The largest absolute Gasteiger partial charge is 0.434 e. The van der Waals surface area contributed by atoms with Gasteiger partial charge >= 0.3 is 5.76 Å². The predicted octanol–water partition coefficient (Wildman–Crippen LogP) is 5.90. The van der Waals surface area contributed by atoms with Crippen molar-refractivity contribution in [1.29, 1.82) is 0 Å². The van der Waals surface area contributed by atoms with E-state index in [9.17, 15) is 4.79 Å². The van der Waals surface area contributed by atoms with Crippen molar-refractivity contribution < 1.29 is 17.9 Å². The van der Waals surface area contributed by atoms with Crippen molar-refractivity contribution >= 4 is 22.8 Å². The van der Waals surface area contributed by atoms with Crippen molar-refractivity contribution in [2.24, 2.45) is 11.8 Å². The molecule has 6 rings (SSSR count). The van der Waals surface area contributed by atoms with Gasteiger partial charge in [-0.2, -0.15) is 0 Å². The van der Waals surface area contributed by atoms with Crippen LogP contribution in [0.3, 0.4) is 0 Å². The highest BCUT2D eigenvalue weighted by molar-refractivity contribution is 6.30. The number of halogens is 3. The molecule has 0 radical (unpaired) electrons. The van der Waals surface area contributed by atoms with Gasteiger partial charge in [0.1, 0.15) is 28.7 Å². The number of aromatic amines is 1. The average molecular weight is 596 g/mol. The Hall–Kier alpha value is -4.03. The molecule has 1 aromatic carbocycles. The number of aromatic nitrogens is 7. The van der Waals surface area contributed by atoms with Crippen LogP contribution in [0.1, 0.15) is 50.9 Å². The molecule has 5 aromatic rings. The molecule has 0 aliphatic heterocycles. The molecule has 4 aromatic heterocycles. The topological polar surface area (TPSA) is 125 Å². The van der Waals surface area contributed by atoms with Crippen molar-refractivity contribution in [3.63, 3.8) is 0 Å². The fraction of sp³-hybridized carbons (Fsp3) is 0.379. The van der Waals surface area contributed by atoms with Gasteiger partial charge in [0, 0.05) is 31.6 Å². The molecule has 1 aliphatic rings. The maximum absolute atomic E-state index is 15.3. The molecule has 0 spiro atoms. The third-order valence-electron chi connectivity index (χ3n) is 8.06. The van der Waals surface area contributed by atoms with Gasteiger partial charge in [-0.25, -0.2) is 33.6 Å².